The molecule has 0 aromatic carbocycles. The van der Waals surface area contributed by atoms with E-state index < -0.39 is 8.07 Å². The fraction of sp³-hybridized carbons (Fsp3) is 0.800. The van der Waals surface area contributed by atoms with Crippen LogP contribution in [-0.2, 0) is 9.53 Å². The Morgan fingerprint density at radius 3 is 2.28 bits per heavy atom. The monoisotopic (exact) mass is 268 g/mol. The second-order valence-corrected chi connectivity index (χ2v) is 12.3. The Bertz CT molecular complexity index is 348. The minimum atomic E-state index is -1.45. The van der Waals surface area contributed by atoms with Gasteiger partial charge in [0.15, 0.2) is 0 Å². The van der Waals surface area contributed by atoms with Crippen LogP contribution in [0.4, 0.5) is 0 Å². The maximum Gasteiger partial charge on any atom is 0.302 e. The summed E-state index contributed by atoms with van der Waals surface area (Å²) in [5.74, 6) is -0.164. The minimum absolute atomic E-state index is 0.164. The van der Waals surface area contributed by atoms with E-state index in [9.17, 15) is 4.79 Å². The van der Waals surface area contributed by atoms with Crippen LogP contribution >= 0.6 is 0 Å². The van der Waals surface area contributed by atoms with Crippen molar-refractivity contribution in [1.29, 1.82) is 0 Å². The van der Waals surface area contributed by atoms with Gasteiger partial charge in [0.2, 0.25) is 0 Å². The van der Waals surface area contributed by atoms with Gasteiger partial charge in [-0.05, 0) is 36.3 Å². The summed E-state index contributed by atoms with van der Waals surface area (Å²) in [7, 11) is -1.45. The zero-order valence-electron chi connectivity index (χ0n) is 12.9. The summed E-state index contributed by atoms with van der Waals surface area (Å²) >= 11 is 0. The number of rotatable bonds is 3. The van der Waals surface area contributed by atoms with Gasteiger partial charge in [-0.2, -0.15) is 0 Å². The van der Waals surface area contributed by atoms with Gasteiger partial charge in [-0.1, -0.05) is 39.1 Å². The van der Waals surface area contributed by atoms with Crippen LogP contribution in [0, 0.1) is 0 Å². The van der Waals surface area contributed by atoms with Gasteiger partial charge < -0.3 is 4.74 Å². The van der Waals surface area contributed by atoms with Gasteiger partial charge in [0.1, 0.15) is 6.61 Å². The fourth-order valence-corrected chi connectivity index (χ4v) is 5.31. The van der Waals surface area contributed by atoms with Crippen LogP contribution in [-0.4, -0.2) is 20.7 Å². The van der Waals surface area contributed by atoms with E-state index in [1.54, 1.807) is 5.20 Å². The molecule has 0 aliphatic heterocycles. The summed E-state index contributed by atoms with van der Waals surface area (Å²) in [6.07, 6.45) is 4.88. The lowest BCUT2D eigenvalue weighted by Crippen LogP contribution is -2.41. The van der Waals surface area contributed by atoms with Crippen molar-refractivity contribution in [3.8, 4) is 0 Å². The quantitative estimate of drug-likeness (QED) is 0.557. The molecule has 0 aromatic rings. The van der Waals surface area contributed by atoms with Gasteiger partial charge >= 0.3 is 5.97 Å². The zero-order valence-corrected chi connectivity index (χ0v) is 13.9. The topological polar surface area (TPSA) is 26.3 Å². The molecule has 0 aromatic heterocycles. The second kappa shape index (κ2) is 5.60. The highest BCUT2D eigenvalue weighted by atomic mass is 28.3. The van der Waals surface area contributed by atoms with Gasteiger partial charge in [-0.25, -0.2) is 0 Å². The second-order valence-electron chi connectivity index (χ2n) is 6.94. The molecule has 0 saturated heterocycles. The van der Waals surface area contributed by atoms with Crippen molar-refractivity contribution < 1.29 is 9.53 Å². The predicted molar refractivity (Wildman–Crippen MR) is 79.3 cm³/mol. The third kappa shape index (κ3) is 3.47. The molecule has 0 amide bonds. The molecule has 1 aliphatic carbocycles. The van der Waals surface area contributed by atoms with E-state index in [-0.39, 0.29) is 5.97 Å². The smallest absolute Gasteiger partial charge is 0.302 e. The highest BCUT2D eigenvalue weighted by Crippen LogP contribution is 2.45. The number of allylic oxidation sites excluding steroid dienone is 1. The molecule has 18 heavy (non-hydrogen) atoms. The van der Waals surface area contributed by atoms with Crippen LogP contribution in [0.5, 0.6) is 0 Å². The predicted octanol–water partition coefficient (Wildman–Crippen LogP) is 4.47. The Morgan fingerprint density at radius 1 is 1.22 bits per heavy atom. The average molecular weight is 268 g/mol. The molecule has 0 bridgehead atoms. The van der Waals surface area contributed by atoms with Crippen LogP contribution in [0.1, 0.15) is 53.4 Å². The van der Waals surface area contributed by atoms with Crippen LogP contribution in [0.3, 0.4) is 0 Å². The van der Waals surface area contributed by atoms with Crippen molar-refractivity contribution >= 4 is 14.0 Å². The van der Waals surface area contributed by atoms with E-state index in [2.05, 4.69) is 33.9 Å². The Kier molecular flexibility index (Phi) is 4.82. The highest BCUT2D eigenvalue weighted by molar-refractivity contribution is 6.86. The summed E-state index contributed by atoms with van der Waals surface area (Å²) in [6.45, 7) is 14.0. The molecule has 1 rings (SSSR count). The van der Waals surface area contributed by atoms with Gasteiger partial charge in [-0.15, -0.1) is 0 Å². The molecule has 104 valence electrons. The molecule has 3 heteroatoms. The van der Waals surface area contributed by atoms with Gasteiger partial charge in [0, 0.05) is 6.92 Å². The third-order valence-corrected chi connectivity index (χ3v) is 10.5. The summed E-state index contributed by atoms with van der Waals surface area (Å²) in [4.78, 5) is 11.0. The van der Waals surface area contributed by atoms with Gasteiger partial charge in [0.25, 0.3) is 0 Å². The normalized spacial score (nSPS) is 17.9. The Labute approximate surface area is 113 Å². The van der Waals surface area contributed by atoms with Crippen molar-refractivity contribution in [2.75, 3.05) is 6.61 Å². The SMILES string of the molecule is CC(=O)OCC1=C([Si](C)(C)C(C)(C)C)CCCC1. The molecule has 0 radical (unpaired) electrons. The van der Waals surface area contributed by atoms with E-state index in [0.29, 0.717) is 11.6 Å². The molecular formula is C15H28O2Si. The first kappa shape index (κ1) is 15.5. The largest absolute Gasteiger partial charge is 0.461 e. The van der Waals surface area contributed by atoms with E-state index in [1.165, 1.54) is 31.8 Å². The molecule has 2 nitrogen and oxygen atoms in total. The first-order valence-electron chi connectivity index (χ1n) is 7.01. The Hall–Kier alpha value is -0.573. The van der Waals surface area contributed by atoms with Gasteiger partial charge in [-0.3, -0.25) is 4.79 Å². The molecule has 0 atom stereocenters. The number of carbonyl (C=O) groups excluding carboxylic acids is 1. The molecule has 0 spiro atoms. The zero-order chi connectivity index (χ0) is 14.0. The van der Waals surface area contributed by atoms with E-state index in [0.717, 1.165) is 6.42 Å². The highest BCUT2D eigenvalue weighted by Gasteiger charge is 2.40. The minimum Gasteiger partial charge on any atom is -0.461 e. The summed E-state index contributed by atoms with van der Waals surface area (Å²) in [6, 6.07) is 0. The first-order valence-corrected chi connectivity index (χ1v) is 10.0. The molecule has 0 fully saturated rings. The van der Waals surface area contributed by atoms with Crippen LogP contribution < -0.4 is 0 Å². The van der Waals surface area contributed by atoms with E-state index in [1.807, 2.05) is 0 Å². The number of ether oxygens (including phenoxy) is 1. The number of hydrogen-bond acceptors (Lipinski definition) is 2. The Morgan fingerprint density at radius 2 is 1.78 bits per heavy atom. The summed E-state index contributed by atoms with van der Waals surface area (Å²) in [5, 5.41) is 2.02. The molecule has 0 N–H and O–H groups in total. The van der Waals surface area contributed by atoms with E-state index in [4.69, 9.17) is 4.74 Å². The van der Waals surface area contributed by atoms with Crippen LogP contribution in [0.2, 0.25) is 18.1 Å². The maximum absolute atomic E-state index is 11.0. The third-order valence-electron chi connectivity index (χ3n) is 4.66. The standard InChI is InChI=1S/C15H28O2Si/c1-12(16)17-11-13-9-7-8-10-14(13)18(5,6)15(2,3)4/h7-11H2,1-6H3. The van der Waals surface area contributed by atoms with Crippen molar-refractivity contribution in [3.63, 3.8) is 0 Å². The van der Waals surface area contributed by atoms with Crippen molar-refractivity contribution in [1.82, 2.24) is 0 Å². The molecule has 0 heterocycles. The van der Waals surface area contributed by atoms with E-state index >= 15 is 0 Å². The number of esters is 1. The number of carbonyl (C=O) groups is 1. The maximum atomic E-state index is 11.0. The van der Waals surface area contributed by atoms with Crippen molar-refractivity contribution in [3.05, 3.63) is 10.8 Å². The lowest BCUT2D eigenvalue weighted by Gasteiger charge is -2.42. The summed E-state index contributed by atoms with van der Waals surface area (Å²) in [5.41, 5.74) is 1.42. The molecule has 0 unspecified atom stereocenters. The lowest BCUT2D eigenvalue weighted by atomic mass is 10.00. The Balaban J connectivity index is 3.01. The molecule has 1 aliphatic rings. The van der Waals surface area contributed by atoms with Crippen molar-refractivity contribution in [2.24, 2.45) is 0 Å². The number of hydrogen-bond donors (Lipinski definition) is 0. The molecule has 0 saturated carbocycles. The van der Waals surface area contributed by atoms with Crippen molar-refractivity contribution in [2.45, 2.75) is 71.5 Å². The lowest BCUT2D eigenvalue weighted by molar-refractivity contribution is -0.140. The van der Waals surface area contributed by atoms with Crippen LogP contribution in [0.25, 0.3) is 0 Å². The summed E-state index contributed by atoms with van der Waals surface area (Å²) < 4.78 is 5.24. The molecular weight excluding hydrogens is 240 g/mol. The first-order chi connectivity index (χ1) is 8.16. The fourth-order valence-electron chi connectivity index (χ4n) is 2.52. The van der Waals surface area contributed by atoms with Gasteiger partial charge in [0.05, 0.1) is 8.07 Å². The van der Waals surface area contributed by atoms with Crippen LogP contribution in [0.15, 0.2) is 10.8 Å². The average Bonchev–Trinajstić information content (AvgIpc) is 2.25.